The summed E-state index contributed by atoms with van der Waals surface area (Å²) in [7, 11) is 1.68. The normalized spacial score (nSPS) is 38.2. The minimum absolute atomic E-state index is 0.0312. The van der Waals surface area contributed by atoms with Crippen molar-refractivity contribution in [1.82, 2.24) is 0 Å². The maximum absolute atomic E-state index is 11.5. The van der Waals surface area contributed by atoms with Crippen LogP contribution in [0.4, 0.5) is 0 Å². The van der Waals surface area contributed by atoms with Crippen molar-refractivity contribution in [3.63, 3.8) is 0 Å². The average molecular weight is 182 g/mol. The van der Waals surface area contributed by atoms with Crippen LogP contribution < -0.4 is 0 Å². The summed E-state index contributed by atoms with van der Waals surface area (Å²) in [4.78, 5) is 11.5. The molecule has 13 heavy (non-hydrogen) atoms. The highest BCUT2D eigenvalue weighted by atomic mass is 16.5. The highest BCUT2D eigenvalue weighted by Crippen LogP contribution is 2.32. The molecule has 2 rings (SSSR count). The van der Waals surface area contributed by atoms with Gasteiger partial charge < -0.3 is 9.47 Å². The summed E-state index contributed by atoms with van der Waals surface area (Å²) < 4.78 is 10.7. The number of rotatable bonds is 1. The van der Waals surface area contributed by atoms with Crippen molar-refractivity contribution in [3.8, 4) is 0 Å². The van der Waals surface area contributed by atoms with E-state index in [1.165, 1.54) is 12.3 Å². The van der Waals surface area contributed by atoms with E-state index in [1.54, 1.807) is 7.11 Å². The lowest BCUT2D eigenvalue weighted by molar-refractivity contribution is -0.134. The summed E-state index contributed by atoms with van der Waals surface area (Å²) in [6, 6.07) is 0. The molecule has 0 N–H and O–H groups in total. The van der Waals surface area contributed by atoms with Gasteiger partial charge in [0.2, 0.25) is 0 Å². The van der Waals surface area contributed by atoms with E-state index >= 15 is 0 Å². The van der Waals surface area contributed by atoms with Crippen molar-refractivity contribution in [2.24, 2.45) is 5.92 Å². The molecule has 3 nitrogen and oxygen atoms in total. The Morgan fingerprint density at radius 1 is 1.54 bits per heavy atom. The van der Waals surface area contributed by atoms with Crippen molar-refractivity contribution >= 4 is 5.78 Å². The van der Waals surface area contributed by atoms with E-state index in [-0.39, 0.29) is 23.9 Å². The van der Waals surface area contributed by atoms with Crippen LogP contribution in [0.25, 0.3) is 0 Å². The highest BCUT2D eigenvalue weighted by Gasteiger charge is 2.39. The van der Waals surface area contributed by atoms with Gasteiger partial charge in [0.25, 0.3) is 0 Å². The molecular weight excluding hydrogens is 168 g/mol. The lowest BCUT2D eigenvalue weighted by Gasteiger charge is -2.37. The van der Waals surface area contributed by atoms with Crippen molar-refractivity contribution in [3.05, 3.63) is 12.3 Å². The lowest BCUT2D eigenvalue weighted by atomic mass is 9.81. The molecular formula is C10H14O3. The second kappa shape index (κ2) is 3.50. The Balaban J connectivity index is 2.15. The Kier molecular flexibility index (Phi) is 2.36. The van der Waals surface area contributed by atoms with E-state index in [2.05, 4.69) is 0 Å². The number of allylic oxidation sites excluding steroid dienone is 1. The molecule has 0 amide bonds. The van der Waals surface area contributed by atoms with Gasteiger partial charge in [-0.2, -0.15) is 0 Å². The largest absolute Gasteiger partial charge is 0.494 e. The lowest BCUT2D eigenvalue weighted by Crippen LogP contribution is -2.44. The van der Waals surface area contributed by atoms with Crippen molar-refractivity contribution in [2.45, 2.75) is 31.5 Å². The van der Waals surface area contributed by atoms with Gasteiger partial charge >= 0.3 is 0 Å². The van der Waals surface area contributed by atoms with Crippen LogP contribution in [-0.4, -0.2) is 25.1 Å². The number of ketones is 1. The Bertz CT molecular complexity index is 234. The molecule has 0 aromatic rings. The van der Waals surface area contributed by atoms with E-state index < -0.39 is 0 Å². The fourth-order valence-corrected chi connectivity index (χ4v) is 2.19. The molecule has 0 spiro atoms. The zero-order valence-electron chi connectivity index (χ0n) is 7.73. The molecule has 0 bridgehead atoms. The second-order valence-electron chi connectivity index (χ2n) is 3.62. The van der Waals surface area contributed by atoms with Crippen LogP contribution in [0.5, 0.6) is 0 Å². The zero-order valence-corrected chi connectivity index (χ0v) is 7.73. The molecule has 1 saturated carbocycles. The van der Waals surface area contributed by atoms with Crippen molar-refractivity contribution in [2.75, 3.05) is 7.11 Å². The van der Waals surface area contributed by atoms with Gasteiger partial charge in [0, 0.05) is 13.2 Å². The Morgan fingerprint density at radius 2 is 2.38 bits per heavy atom. The van der Waals surface area contributed by atoms with E-state index in [0.717, 1.165) is 19.3 Å². The standard InChI is InChI=1S/C10H14O3/c1-12-9-4-2-3-7-8(11)5-6-13-10(7)9/h5-7,9-10H,2-4H2,1H3. The molecule has 1 fully saturated rings. The van der Waals surface area contributed by atoms with Gasteiger partial charge in [-0.15, -0.1) is 0 Å². The molecule has 1 aliphatic carbocycles. The van der Waals surface area contributed by atoms with E-state index in [0.29, 0.717) is 0 Å². The minimum Gasteiger partial charge on any atom is -0.494 e. The quantitative estimate of drug-likeness (QED) is 0.613. The van der Waals surface area contributed by atoms with Crippen LogP contribution in [0.3, 0.4) is 0 Å². The van der Waals surface area contributed by atoms with Gasteiger partial charge in [-0.25, -0.2) is 0 Å². The number of carbonyl (C=O) groups is 1. The molecule has 1 heterocycles. The van der Waals surface area contributed by atoms with Crippen LogP contribution in [0, 0.1) is 5.92 Å². The van der Waals surface area contributed by atoms with Gasteiger partial charge in [0.05, 0.1) is 18.3 Å². The van der Waals surface area contributed by atoms with Gasteiger partial charge in [-0.1, -0.05) is 0 Å². The number of methoxy groups -OCH3 is 1. The molecule has 3 unspecified atom stereocenters. The van der Waals surface area contributed by atoms with Gasteiger partial charge in [0.1, 0.15) is 6.10 Å². The van der Waals surface area contributed by atoms with Crippen molar-refractivity contribution < 1.29 is 14.3 Å². The average Bonchev–Trinajstić information content (AvgIpc) is 2.18. The topological polar surface area (TPSA) is 35.5 Å². The van der Waals surface area contributed by atoms with Crippen LogP contribution in [0.2, 0.25) is 0 Å². The Labute approximate surface area is 77.7 Å². The second-order valence-corrected chi connectivity index (χ2v) is 3.62. The number of ether oxygens (including phenoxy) is 2. The van der Waals surface area contributed by atoms with Crippen LogP contribution in [0.15, 0.2) is 12.3 Å². The first-order valence-corrected chi connectivity index (χ1v) is 4.71. The highest BCUT2D eigenvalue weighted by molar-refractivity contribution is 5.92. The van der Waals surface area contributed by atoms with E-state index in [1.807, 2.05) is 0 Å². The molecule has 3 heteroatoms. The number of hydrogen-bond donors (Lipinski definition) is 0. The van der Waals surface area contributed by atoms with Gasteiger partial charge in [-0.3, -0.25) is 4.79 Å². The predicted molar refractivity (Wildman–Crippen MR) is 47.2 cm³/mol. The summed E-state index contributed by atoms with van der Waals surface area (Å²) >= 11 is 0. The SMILES string of the molecule is COC1CCCC2C(=O)C=COC12. The molecule has 0 saturated heterocycles. The van der Waals surface area contributed by atoms with E-state index in [4.69, 9.17) is 9.47 Å². The number of carbonyl (C=O) groups excluding carboxylic acids is 1. The number of hydrogen-bond acceptors (Lipinski definition) is 3. The molecule has 72 valence electrons. The predicted octanol–water partition coefficient (Wildman–Crippen LogP) is 1.28. The maximum Gasteiger partial charge on any atom is 0.165 e. The summed E-state index contributed by atoms with van der Waals surface area (Å²) in [5.41, 5.74) is 0. The fourth-order valence-electron chi connectivity index (χ4n) is 2.19. The third-order valence-electron chi connectivity index (χ3n) is 2.90. The summed E-state index contributed by atoms with van der Waals surface area (Å²) in [6.45, 7) is 0. The smallest absolute Gasteiger partial charge is 0.165 e. The van der Waals surface area contributed by atoms with Gasteiger partial charge in [-0.05, 0) is 19.3 Å². The molecule has 2 aliphatic rings. The molecule has 1 aliphatic heterocycles. The first-order valence-electron chi connectivity index (χ1n) is 4.71. The molecule has 3 atom stereocenters. The molecule has 0 aromatic carbocycles. The first kappa shape index (κ1) is 8.75. The van der Waals surface area contributed by atoms with Crippen LogP contribution in [-0.2, 0) is 14.3 Å². The summed E-state index contributed by atoms with van der Waals surface area (Å²) in [5.74, 6) is 0.224. The van der Waals surface area contributed by atoms with Gasteiger partial charge in [0.15, 0.2) is 5.78 Å². The van der Waals surface area contributed by atoms with Crippen LogP contribution in [0.1, 0.15) is 19.3 Å². The maximum atomic E-state index is 11.5. The van der Waals surface area contributed by atoms with E-state index in [9.17, 15) is 4.79 Å². The van der Waals surface area contributed by atoms with Crippen LogP contribution >= 0.6 is 0 Å². The summed E-state index contributed by atoms with van der Waals surface area (Å²) in [5, 5.41) is 0. The first-order chi connectivity index (χ1) is 6.33. The molecule has 0 radical (unpaired) electrons. The Morgan fingerprint density at radius 3 is 3.15 bits per heavy atom. The minimum atomic E-state index is -0.0451. The number of fused-ring (bicyclic) bond motifs is 1. The Hall–Kier alpha value is -0.830. The fraction of sp³-hybridized carbons (Fsp3) is 0.700. The monoisotopic (exact) mass is 182 g/mol. The van der Waals surface area contributed by atoms with Crippen molar-refractivity contribution in [1.29, 1.82) is 0 Å². The zero-order chi connectivity index (χ0) is 9.26. The third kappa shape index (κ3) is 1.48. The third-order valence-corrected chi connectivity index (χ3v) is 2.90. The summed E-state index contributed by atoms with van der Waals surface area (Å²) in [6.07, 6.45) is 6.07. The molecule has 0 aromatic heterocycles.